The van der Waals surface area contributed by atoms with Crippen molar-refractivity contribution in [1.29, 1.82) is 0 Å². The second-order valence-corrected chi connectivity index (χ2v) is 7.62. The molecule has 0 saturated carbocycles. The first-order chi connectivity index (χ1) is 12.3. The van der Waals surface area contributed by atoms with E-state index in [0.29, 0.717) is 0 Å². The highest BCUT2D eigenvalue weighted by Crippen LogP contribution is 2.36. The number of thiophene rings is 1. The van der Waals surface area contributed by atoms with Gasteiger partial charge in [-0.25, -0.2) is 0 Å². The first-order valence-corrected chi connectivity index (χ1v) is 9.72. The summed E-state index contributed by atoms with van der Waals surface area (Å²) in [6, 6.07) is 17.8. The van der Waals surface area contributed by atoms with Gasteiger partial charge >= 0.3 is 0 Å². The Hall–Kier alpha value is -1.94. The highest BCUT2D eigenvalue weighted by atomic mass is 32.1. The summed E-state index contributed by atoms with van der Waals surface area (Å²) >= 11 is 1.53. The van der Waals surface area contributed by atoms with Crippen molar-refractivity contribution in [2.45, 2.75) is 37.9 Å². The average Bonchev–Trinajstić information content (AvgIpc) is 3.21. The predicted octanol–water partition coefficient (Wildman–Crippen LogP) is 4.79. The van der Waals surface area contributed by atoms with Gasteiger partial charge in [-0.1, -0.05) is 48.5 Å². The molecule has 2 unspecified atom stereocenters. The Morgan fingerprint density at radius 1 is 0.720 bits per heavy atom. The summed E-state index contributed by atoms with van der Waals surface area (Å²) in [5.74, 6) is 0. The lowest BCUT2D eigenvalue weighted by Crippen LogP contribution is -2.13. The van der Waals surface area contributed by atoms with E-state index in [-0.39, 0.29) is 0 Å². The minimum Gasteiger partial charge on any atom is -0.384 e. The zero-order valence-electron chi connectivity index (χ0n) is 14.1. The SMILES string of the molecule is OC(c1cccs1)c1ccccc1C(O)c1cccc2c1CCCC2. The van der Waals surface area contributed by atoms with Crippen LogP contribution in [0.25, 0.3) is 0 Å². The van der Waals surface area contributed by atoms with Crippen LogP contribution in [-0.4, -0.2) is 10.2 Å². The fraction of sp³-hybridized carbons (Fsp3) is 0.273. The molecular weight excluding hydrogens is 328 g/mol. The first-order valence-electron chi connectivity index (χ1n) is 8.84. The molecule has 25 heavy (non-hydrogen) atoms. The monoisotopic (exact) mass is 350 g/mol. The Labute approximate surface area is 152 Å². The number of hydrogen-bond acceptors (Lipinski definition) is 3. The van der Waals surface area contributed by atoms with E-state index in [1.165, 1.54) is 35.3 Å². The van der Waals surface area contributed by atoms with Crippen LogP contribution in [0.1, 0.15) is 57.7 Å². The van der Waals surface area contributed by atoms with Gasteiger partial charge in [-0.15, -0.1) is 11.3 Å². The van der Waals surface area contributed by atoms with Gasteiger partial charge in [-0.2, -0.15) is 0 Å². The van der Waals surface area contributed by atoms with Crippen molar-refractivity contribution in [2.24, 2.45) is 0 Å². The van der Waals surface area contributed by atoms with E-state index in [1.54, 1.807) is 0 Å². The van der Waals surface area contributed by atoms with Gasteiger partial charge in [0.15, 0.2) is 0 Å². The molecule has 4 rings (SSSR count). The minimum absolute atomic E-state index is 0.703. The Kier molecular flexibility index (Phi) is 4.71. The Balaban J connectivity index is 1.76. The number of rotatable bonds is 4. The summed E-state index contributed by atoms with van der Waals surface area (Å²) in [6.45, 7) is 0. The fourth-order valence-electron chi connectivity index (χ4n) is 3.84. The molecule has 1 heterocycles. The number of aliphatic hydroxyl groups is 2. The van der Waals surface area contributed by atoms with Crippen molar-refractivity contribution < 1.29 is 10.2 Å². The Morgan fingerprint density at radius 3 is 2.20 bits per heavy atom. The lowest BCUT2D eigenvalue weighted by Gasteiger charge is -2.24. The smallest absolute Gasteiger partial charge is 0.114 e. The van der Waals surface area contributed by atoms with Crippen molar-refractivity contribution in [3.05, 3.63) is 92.7 Å². The highest BCUT2D eigenvalue weighted by molar-refractivity contribution is 7.10. The summed E-state index contributed by atoms with van der Waals surface area (Å²) < 4.78 is 0. The van der Waals surface area contributed by atoms with Crippen molar-refractivity contribution in [3.63, 3.8) is 0 Å². The molecule has 2 nitrogen and oxygen atoms in total. The number of aliphatic hydroxyl groups excluding tert-OH is 2. The molecule has 1 aromatic heterocycles. The standard InChI is InChI=1S/C22H22O2S/c23-21(17-12-5-8-15-7-1-2-9-16(15)17)18-10-3-4-11-19(18)22(24)20-13-6-14-25-20/h3-6,8,10-14,21-24H,1-2,7,9H2. The van der Waals surface area contributed by atoms with E-state index in [9.17, 15) is 10.2 Å². The third kappa shape index (κ3) is 3.15. The number of fused-ring (bicyclic) bond motifs is 1. The Bertz CT molecular complexity index is 854. The molecule has 0 fully saturated rings. The summed E-state index contributed by atoms with van der Waals surface area (Å²) in [5, 5.41) is 23.9. The van der Waals surface area contributed by atoms with Gasteiger partial charge in [0.05, 0.1) is 0 Å². The molecular formula is C22H22O2S. The van der Waals surface area contributed by atoms with E-state index < -0.39 is 12.2 Å². The van der Waals surface area contributed by atoms with Gasteiger partial charge in [0, 0.05) is 4.88 Å². The number of benzene rings is 2. The lowest BCUT2D eigenvalue weighted by molar-refractivity contribution is 0.198. The van der Waals surface area contributed by atoms with Gasteiger partial charge in [0.2, 0.25) is 0 Å². The Morgan fingerprint density at radius 2 is 1.44 bits per heavy atom. The van der Waals surface area contributed by atoms with E-state index in [4.69, 9.17) is 0 Å². The highest BCUT2D eigenvalue weighted by Gasteiger charge is 2.24. The van der Waals surface area contributed by atoms with Gasteiger partial charge in [0.25, 0.3) is 0 Å². The molecule has 1 aliphatic rings. The first kappa shape index (κ1) is 16.5. The molecule has 0 saturated heterocycles. The zero-order chi connectivity index (χ0) is 17.2. The molecule has 0 amide bonds. The predicted molar refractivity (Wildman–Crippen MR) is 102 cm³/mol. The average molecular weight is 350 g/mol. The van der Waals surface area contributed by atoms with Crippen LogP contribution in [0, 0.1) is 0 Å². The molecule has 0 spiro atoms. The van der Waals surface area contributed by atoms with Gasteiger partial charge in [-0.05, 0) is 64.9 Å². The van der Waals surface area contributed by atoms with Crippen molar-refractivity contribution in [1.82, 2.24) is 0 Å². The largest absolute Gasteiger partial charge is 0.384 e. The summed E-state index contributed by atoms with van der Waals surface area (Å²) in [6.07, 6.45) is 3.11. The van der Waals surface area contributed by atoms with Crippen LogP contribution in [0.4, 0.5) is 0 Å². The molecule has 0 aliphatic heterocycles. The lowest BCUT2D eigenvalue weighted by atomic mass is 9.84. The maximum Gasteiger partial charge on any atom is 0.114 e. The molecule has 128 valence electrons. The van der Waals surface area contributed by atoms with E-state index in [0.717, 1.165) is 34.4 Å². The number of aryl methyl sites for hydroxylation is 1. The van der Waals surface area contributed by atoms with Crippen LogP contribution in [0.15, 0.2) is 60.0 Å². The third-order valence-electron chi connectivity index (χ3n) is 5.12. The molecule has 2 atom stereocenters. The quantitative estimate of drug-likeness (QED) is 0.710. The van der Waals surface area contributed by atoms with Crippen LogP contribution < -0.4 is 0 Å². The maximum atomic E-state index is 11.2. The summed E-state index contributed by atoms with van der Waals surface area (Å²) in [4.78, 5) is 0.898. The molecule has 2 aromatic carbocycles. The zero-order valence-corrected chi connectivity index (χ0v) is 14.9. The van der Waals surface area contributed by atoms with Crippen LogP contribution in [0.3, 0.4) is 0 Å². The molecule has 1 aliphatic carbocycles. The topological polar surface area (TPSA) is 40.5 Å². The number of hydrogen-bond donors (Lipinski definition) is 2. The van der Waals surface area contributed by atoms with Gasteiger partial charge < -0.3 is 10.2 Å². The second-order valence-electron chi connectivity index (χ2n) is 6.64. The van der Waals surface area contributed by atoms with Crippen molar-refractivity contribution in [3.8, 4) is 0 Å². The van der Waals surface area contributed by atoms with Gasteiger partial charge in [-0.3, -0.25) is 0 Å². The summed E-state index contributed by atoms with van der Waals surface area (Å²) in [5.41, 5.74) is 5.22. The molecule has 3 heteroatoms. The summed E-state index contributed by atoms with van der Waals surface area (Å²) in [7, 11) is 0. The van der Waals surface area contributed by atoms with Crippen molar-refractivity contribution >= 4 is 11.3 Å². The van der Waals surface area contributed by atoms with Crippen molar-refractivity contribution in [2.75, 3.05) is 0 Å². The normalized spacial score (nSPS) is 16.2. The van der Waals surface area contributed by atoms with E-state index in [1.807, 2.05) is 53.9 Å². The van der Waals surface area contributed by atoms with E-state index >= 15 is 0 Å². The van der Waals surface area contributed by atoms with Crippen LogP contribution in [0.5, 0.6) is 0 Å². The van der Waals surface area contributed by atoms with Gasteiger partial charge in [0.1, 0.15) is 12.2 Å². The third-order valence-corrected chi connectivity index (χ3v) is 6.05. The van der Waals surface area contributed by atoms with Crippen LogP contribution in [0.2, 0.25) is 0 Å². The van der Waals surface area contributed by atoms with E-state index in [2.05, 4.69) is 6.07 Å². The van der Waals surface area contributed by atoms with Crippen LogP contribution in [-0.2, 0) is 12.8 Å². The maximum absolute atomic E-state index is 11.2. The fourth-order valence-corrected chi connectivity index (χ4v) is 4.57. The molecule has 3 aromatic rings. The second kappa shape index (κ2) is 7.12. The minimum atomic E-state index is -0.709. The molecule has 2 N–H and O–H groups in total. The molecule has 0 radical (unpaired) electrons. The van der Waals surface area contributed by atoms with Crippen LogP contribution >= 0.6 is 11.3 Å². The molecule has 0 bridgehead atoms.